The van der Waals surface area contributed by atoms with Crippen molar-refractivity contribution in [3.05, 3.63) is 35.4 Å². The van der Waals surface area contributed by atoms with E-state index in [9.17, 15) is 9.59 Å². The number of hydrogen-bond acceptors (Lipinski definition) is 4. The van der Waals surface area contributed by atoms with Gasteiger partial charge in [-0.15, -0.1) is 0 Å². The molecular formula is C25H40O4. The molecule has 0 N–H and O–H groups in total. The minimum absolute atomic E-state index is 0.336. The molecule has 0 unspecified atom stereocenters. The molecule has 0 heterocycles. The summed E-state index contributed by atoms with van der Waals surface area (Å²) in [4.78, 5) is 24.2. The van der Waals surface area contributed by atoms with Crippen LogP contribution in [0.25, 0.3) is 0 Å². The van der Waals surface area contributed by atoms with Crippen LogP contribution in [0.1, 0.15) is 106 Å². The van der Waals surface area contributed by atoms with Crippen LogP contribution in [-0.2, 0) is 9.47 Å². The normalized spacial score (nSPS) is 11.1. The molecule has 0 aliphatic heterocycles. The third-order valence-electron chi connectivity index (χ3n) is 4.92. The number of esters is 2. The molecule has 1 rings (SSSR count). The van der Waals surface area contributed by atoms with E-state index in [1.54, 1.807) is 24.3 Å². The molecule has 164 valence electrons. The zero-order valence-corrected chi connectivity index (χ0v) is 18.9. The summed E-state index contributed by atoms with van der Waals surface area (Å²) in [5, 5.41) is 0. The Balaban J connectivity index is 2.21. The second-order valence-electron chi connectivity index (χ2n) is 8.69. The Kier molecular flexibility index (Phi) is 13.1. The summed E-state index contributed by atoms with van der Waals surface area (Å²) in [6.07, 6.45) is 10.0. The van der Waals surface area contributed by atoms with E-state index in [4.69, 9.17) is 9.47 Å². The molecule has 0 radical (unpaired) electrons. The molecule has 4 nitrogen and oxygen atoms in total. The molecule has 0 bridgehead atoms. The average Bonchev–Trinajstić information content (AvgIpc) is 2.69. The van der Waals surface area contributed by atoms with E-state index in [2.05, 4.69) is 27.7 Å². The van der Waals surface area contributed by atoms with Crippen LogP contribution in [-0.4, -0.2) is 25.2 Å². The first-order valence-corrected chi connectivity index (χ1v) is 11.3. The van der Waals surface area contributed by atoms with Gasteiger partial charge in [0.2, 0.25) is 0 Å². The van der Waals surface area contributed by atoms with Crippen LogP contribution in [0.4, 0.5) is 0 Å². The Morgan fingerprint density at radius 2 is 0.966 bits per heavy atom. The van der Waals surface area contributed by atoms with Gasteiger partial charge in [0.15, 0.2) is 0 Å². The van der Waals surface area contributed by atoms with Crippen LogP contribution in [0.3, 0.4) is 0 Å². The molecule has 4 heteroatoms. The Hall–Kier alpha value is -1.84. The van der Waals surface area contributed by atoms with Crippen LogP contribution in [0.2, 0.25) is 0 Å². The van der Waals surface area contributed by atoms with Gasteiger partial charge in [-0.2, -0.15) is 0 Å². The number of ether oxygens (including phenoxy) is 2. The fourth-order valence-corrected chi connectivity index (χ4v) is 3.08. The lowest BCUT2D eigenvalue weighted by atomic mass is 10.0. The van der Waals surface area contributed by atoms with Gasteiger partial charge in [-0.25, -0.2) is 9.59 Å². The van der Waals surface area contributed by atoms with Crippen molar-refractivity contribution < 1.29 is 19.1 Å². The van der Waals surface area contributed by atoms with Gasteiger partial charge in [-0.3, -0.25) is 0 Å². The fraction of sp³-hybridized carbons (Fsp3) is 0.680. The van der Waals surface area contributed by atoms with E-state index in [1.807, 2.05) is 0 Å². The van der Waals surface area contributed by atoms with E-state index in [1.165, 1.54) is 32.1 Å². The summed E-state index contributed by atoms with van der Waals surface area (Å²) in [5.41, 5.74) is 0.934. The first-order chi connectivity index (χ1) is 13.9. The van der Waals surface area contributed by atoms with E-state index in [0.29, 0.717) is 24.3 Å². The highest BCUT2D eigenvalue weighted by Crippen LogP contribution is 2.12. The van der Waals surface area contributed by atoms with Gasteiger partial charge >= 0.3 is 11.9 Å². The monoisotopic (exact) mass is 404 g/mol. The summed E-state index contributed by atoms with van der Waals surface area (Å²) >= 11 is 0. The third kappa shape index (κ3) is 12.4. The SMILES string of the molecule is CC(C)CCCCCCOC(=O)c1ccc(C(=O)OCCCCCC(C)C)cc1. The van der Waals surface area contributed by atoms with Crippen LogP contribution in [0.15, 0.2) is 24.3 Å². The van der Waals surface area contributed by atoms with Gasteiger partial charge in [0.25, 0.3) is 0 Å². The highest BCUT2D eigenvalue weighted by Gasteiger charge is 2.11. The highest BCUT2D eigenvalue weighted by atomic mass is 16.5. The first kappa shape index (κ1) is 25.2. The molecule has 0 saturated heterocycles. The molecule has 0 spiro atoms. The smallest absolute Gasteiger partial charge is 0.338 e. The van der Waals surface area contributed by atoms with Crippen molar-refractivity contribution in [1.29, 1.82) is 0 Å². The number of carbonyl (C=O) groups is 2. The summed E-state index contributed by atoms with van der Waals surface area (Å²) in [6.45, 7) is 9.80. The zero-order chi connectivity index (χ0) is 21.5. The number of rotatable bonds is 15. The molecule has 1 aromatic rings. The van der Waals surface area contributed by atoms with E-state index in [0.717, 1.165) is 37.5 Å². The molecule has 1 aromatic carbocycles. The zero-order valence-electron chi connectivity index (χ0n) is 18.9. The van der Waals surface area contributed by atoms with Crippen molar-refractivity contribution in [3.8, 4) is 0 Å². The molecule has 0 aliphatic carbocycles. The van der Waals surface area contributed by atoms with Gasteiger partial charge < -0.3 is 9.47 Å². The highest BCUT2D eigenvalue weighted by molar-refractivity contribution is 5.93. The average molecular weight is 405 g/mol. The van der Waals surface area contributed by atoms with E-state index in [-0.39, 0.29) is 11.9 Å². The maximum Gasteiger partial charge on any atom is 0.338 e. The number of unbranched alkanes of at least 4 members (excludes halogenated alkanes) is 5. The number of carbonyl (C=O) groups excluding carboxylic acids is 2. The standard InChI is InChI=1S/C25H40O4/c1-20(2)12-8-5-6-10-18-28-24(26)22-14-16-23(17-15-22)25(27)29-19-11-7-9-13-21(3)4/h14-17,20-21H,5-13,18-19H2,1-4H3. The minimum atomic E-state index is -0.338. The van der Waals surface area contributed by atoms with Crippen LogP contribution < -0.4 is 0 Å². The van der Waals surface area contributed by atoms with Gasteiger partial charge in [-0.05, 0) is 48.9 Å². The predicted octanol–water partition coefficient (Wildman–Crippen LogP) is 6.82. The van der Waals surface area contributed by atoms with Crippen molar-refractivity contribution in [2.24, 2.45) is 11.8 Å². The Labute approximate surface area is 177 Å². The summed E-state index contributed by atoms with van der Waals surface area (Å²) in [7, 11) is 0. The molecule has 0 saturated carbocycles. The second-order valence-corrected chi connectivity index (χ2v) is 8.69. The first-order valence-electron chi connectivity index (χ1n) is 11.3. The molecule has 0 aromatic heterocycles. The maximum atomic E-state index is 12.1. The van der Waals surface area contributed by atoms with Crippen LogP contribution >= 0.6 is 0 Å². The van der Waals surface area contributed by atoms with Crippen LogP contribution in [0.5, 0.6) is 0 Å². The Morgan fingerprint density at radius 3 is 1.34 bits per heavy atom. The van der Waals surface area contributed by atoms with Crippen molar-refractivity contribution in [1.82, 2.24) is 0 Å². The van der Waals surface area contributed by atoms with Crippen molar-refractivity contribution in [2.45, 2.75) is 85.5 Å². The molecule has 0 fully saturated rings. The molecular weight excluding hydrogens is 364 g/mol. The Bertz CT molecular complexity index is 575. The summed E-state index contributed by atoms with van der Waals surface area (Å²) < 4.78 is 10.6. The molecule has 0 amide bonds. The van der Waals surface area contributed by atoms with Crippen molar-refractivity contribution in [3.63, 3.8) is 0 Å². The second kappa shape index (κ2) is 15.1. The van der Waals surface area contributed by atoms with Gasteiger partial charge in [0.1, 0.15) is 0 Å². The van der Waals surface area contributed by atoms with Crippen molar-refractivity contribution >= 4 is 11.9 Å². The lowest BCUT2D eigenvalue weighted by Crippen LogP contribution is -2.09. The lowest BCUT2D eigenvalue weighted by molar-refractivity contribution is 0.0483. The van der Waals surface area contributed by atoms with E-state index >= 15 is 0 Å². The number of hydrogen-bond donors (Lipinski definition) is 0. The lowest BCUT2D eigenvalue weighted by Gasteiger charge is -2.08. The Morgan fingerprint density at radius 1 is 0.621 bits per heavy atom. The van der Waals surface area contributed by atoms with Crippen LogP contribution in [0, 0.1) is 11.8 Å². The predicted molar refractivity (Wildman–Crippen MR) is 118 cm³/mol. The van der Waals surface area contributed by atoms with Crippen molar-refractivity contribution in [2.75, 3.05) is 13.2 Å². The summed E-state index contributed by atoms with van der Waals surface area (Å²) in [5.74, 6) is 0.799. The molecule has 29 heavy (non-hydrogen) atoms. The topological polar surface area (TPSA) is 52.6 Å². The minimum Gasteiger partial charge on any atom is -0.462 e. The largest absolute Gasteiger partial charge is 0.462 e. The maximum absolute atomic E-state index is 12.1. The van der Waals surface area contributed by atoms with E-state index < -0.39 is 0 Å². The quantitative estimate of drug-likeness (QED) is 0.238. The van der Waals surface area contributed by atoms with Gasteiger partial charge in [-0.1, -0.05) is 72.6 Å². The fourth-order valence-electron chi connectivity index (χ4n) is 3.08. The van der Waals surface area contributed by atoms with Gasteiger partial charge in [0.05, 0.1) is 24.3 Å². The third-order valence-corrected chi connectivity index (χ3v) is 4.92. The van der Waals surface area contributed by atoms with Gasteiger partial charge in [0, 0.05) is 0 Å². The molecule has 0 atom stereocenters. The summed E-state index contributed by atoms with van der Waals surface area (Å²) in [6, 6.07) is 6.52. The number of benzene rings is 1. The molecule has 0 aliphatic rings.